The minimum Gasteiger partial charge on any atom is -0.375 e. The van der Waals surface area contributed by atoms with E-state index in [1.165, 1.54) is 0 Å². The zero-order chi connectivity index (χ0) is 12.6. The molecule has 1 amide bonds. The van der Waals surface area contributed by atoms with Gasteiger partial charge in [0.1, 0.15) is 0 Å². The van der Waals surface area contributed by atoms with Crippen LogP contribution in [0.3, 0.4) is 0 Å². The van der Waals surface area contributed by atoms with Crippen molar-refractivity contribution in [2.75, 3.05) is 13.2 Å². The van der Waals surface area contributed by atoms with Gasteiger partial charge in [0.2, 0.25) is 5.91 Å². The summed E-state index contributed by atoms with van der Waals surface area (Å²) in [6, 6.07) is 0. The Balaban J connectivity index is 3.65. The summed E-state index contributed by atoms with van der Waals surface area (Å²) in [5, 5.41) is 2.87. The summed E-state index contributed by atoms with van der Waals surface area (Å²) in [4.78, 5) is 11.0. The second kappa shape index (κ2) is 7.66. The lowest BCUT2D eigenvalue weighted by atomic mass is 10.0. The molecule has 0 spiro atoms. The third kappa shape index (κ3) is 8.72. The first kappa shape index (κ1) is 15.4. The van der Waals surface area contributed by atoms with Crippen molar-refractivity contribution in [1.29, 1.82) is 0 Å². The lowest BCUT2D eigenvalue weighted by molar-refractivity contribution is -0.121. The molecule has 1 N–H and O–H groups in total. The van der Waals surface area contributed by atoms with Crippen LogP contribution in [0.5, 0.6) is 0 Å². The first-order valence-corrected chi connectivity index (χ1v) is 6.28. The molecule has 0 bridgehead atoms. The quantitative estimate of drug-likeness (QED) is 0.695. The third-order valence-electron chi connectivity index (χ3n) is 2.56. The van der Waals surface area contributed by atoms with E-state index in [1.807, 2.05) is 6.92 Å². The van der Waals surface area contributed by atoms with E-state index in [-0.39, 0.29) is 11.5 Å². The van der Waals surface area contributed by atoms with Crippen molar-refractivity contribution >= 4 is 5.91 Å². The summed E-state index contributed by atoms with van der Waals surface area (Å²) in [6.07, 6.45) is 2.50. The maximum atomic E-state index is 11.0. The van der Waals surface area contributed by atoms with Gasteiger partial charge in [0, 0.05) is 19.6 Å². The summed E-state index contributed by atoms with van der Waals surface area (Å²) in [7, 11) is 0. The van der Waals surface area contributed by atoms with Gasteiger partial charge in [-0.15, -0.1) is 0 Å². The molecular formula is C13H27NO2. The zero-order valence-corrected chi connectivity index (χ0v) is 11.4. The Morgan fingerprint density at radius 1 is 1.38 bits per heavy atom. The van der Waals surface area contributed by atoms with Gasteiger partial charge >= 0.3 is 0 Å². The highest BCUT2D eigenvalue weighted by atomic mass is 16.5. The summed E-state index contributed by atoms with van der Waals surface area (Å²) in [6.45, 7) is 11.9. The minimum absolute atomic E-state index is 0.109. The second-order valence-corrected chi connectivity index (χ2v) is 5.24. The highest BCUT2D eigenvalue weighted by molar-refractivity contribution is 5.75. The zero-order valence-electron chi connectivity index (χ0n) is 11.4. The minimum atomic E-state index is -0.143. The highest BCUT2D eigenvalue weighted by Crippen LogP contribution is 2.15. The van der Waals surface area contributed by atoms with E-state index < -0.39 is 0 Å². The average molecular weight is 229 g/mol. The van der Waals surface area contributed by atoms with Crippen LogP contribution in [0.25, 0.3) is 0 Å². The van der Waals surface area contributed by atoms with E-state index in [9.17, 15) is 4.79 Å². The Hall–Kier alpha value is -0.570. The molecule has 16 heavy (non-hydrogen) atoms. The topological polar surface area (TPSA) is 38.3 Å². The van der Waals surface area contributed by atoms with Crippen molar-refractivity contribution in [3.05, 3.63) is 0 Å². The maximum absolute atomic E-state index is 11.0. The number of carbonyl (C=O) groups is 1. The summed E-state index contributed by atoms with van der Waals surface area (Å²) >= 11 is 0. The van der Waals surface area contributed by atoms with Gasteiger partial charge in [-0.25, -0.2) is 0 Å². The lowest BCUT2D eigenvalue weighted by Crippen LogP contribution is -2.33. The number of nitrogens with one attached hydrogen (secondary N) is 1. The van der Waals surface area contributed by atoms with Crippen LogP contribution in [-0.4, -0.2) is 24.7 Å². The van der Waals surface area contributed by atoms with Crippen molar-refractivity contribution in [3.8, 4) is 0 Å². The fraction of sp³-hybridized carbons (Fsp3) is 0.923. The Bertz CT molecular complexity index is 200. The number of amides is 1. The van der Waals surface area contributed by atoms with Crippen LogP contribution < -0.4 is 5.32 Å². The first-order chi connectivity index (χ1) is 7.37. The summed E-state index contributed by atoms with van der Waals surface area (Å²) in [5.41, 5.74) is -0.143. The molecule has 0 aliphatic rings. The fourth-order valence-electron chi connectivity index (χ4n) is 1.27. The normalized spacial score (nSPS) is 11.9. The Labute approximate surface area is 99.9 Å². The van der Waals surface area contributed by atoms with Crippen LogP contribution >= 0.6 is 0 Å². The smallest absolute Gasteiger partial charge is 0.219 e. The van der Waals surface area contributed by atoms with Gasteiger partial charge in [0.05, 0.1) is 5.60 Å². The number of rotatable bonds is 8. The number of hydrogen-bond donors (Lipinski definition) is 1. The molecule has 0 aliphatic carbocycles. The Morgan fingerprint density at radius 3 is 2.50 bits per heavy atom. The molecule has 0 unspecified atom stereocenters. The molecule has 0 saturated carbocycles. The van der Waals surface area contributed by atoms with Gasteiger partial charge < -0.3 is 10.1 Å². The molecule has 0 heterocycles. The van der Waals surface area contributed by atoms with Gasteiger partial charge in [0.25, 0.3) is 0 Å². The largest absolute Gasteiger partial charge is 0.375 e. The van der Waals surface area contributed by atoms with Crippen LogP contribution in [0.4, 0.5) is 0 Å². The van der Waals surface area contributed by atoms with Gasteiger partial charge in [-0.1, -0.05) is 20.8 Å². The van der Waals surface area contributed by atoms with E-state index in [2.05, 4.69) is 33.0 Å². The van der Waals surface area contributed by atoms with E-state index in [0.717, 1.165) is 19.4 Å². The predicted octanol–water partition coefficient (Wildman–Crippen LogP) is 2.74. The van der Waals surface area contributed by atoms with Crippen molar-refractivity contribution < 1.29 is 9.53 Å². The standard InChI is InChI=1S/C13H27NO2/c1-6-12(15)14-9-8-13(4,5)16-10-7-11(2)3/h11H,6-10H2,1-5H3,(H,14,15). The van der Waals surface area contributed by atoms with Crippen LogP contribution in [0.15, 0.2) is 0 Å². The second-order valence-electron chi connectivity index (χ2n) is 5.24. The molecule has 0 radical (unpaired) electrons. The van der Waals surface area contributed by atoms with E-state index in [4.69, 9.17) is 4.74 Å². The molecule has 0 aromatic heterocycles. The maximum Gasteiger partial charge on any atom is 0.219 e. The molecule has 0 aromatic carbocycles. The lowest BCUT2D eigenvalue weighted by Gasteiger charge is -2.26. The molecule has 0 aliphatic heterocycles. The van der Waals surface area contributed by atoms with Crippen LogP contribution in [0.2, 0.25) is 0 Å². The average Bonchev–Trinajstić information content (AvgIpc) is 2.16. The van der Waals surface area contributed by atoms with Crippen molar-refractivity contribution in [1.82, 2.24) is 5.32 Å². The van der Waals surface area contributed by atoms with Crippen LogP contribution in [-0.2, 0) is 9.53 Å². The van der Waals surface area contributed by atoms with Gasteiger partial charge in [0.15, 0.2) is 0 Å². The van der Waals surface area contributed by atoms with Crippen molar-refractivity contribution in [2.45, 2.75) is 59.5 Å². The molecule has 0 atom stereocenters. The summed E-state index contributed by atoms with van der Waals surface area (Å²) in [5.74, 6) is 0.786. The van der Waals surface area contributed by atoms with Crippen molar-refractivity contribution in [3.63, 3.8) is 0 Å². The monoisotopic (exact) mass is 229 g/mol. The first-order valence-electron chi connectivity index (χ1n) is 6.28. The van der Waals surface area contributed by atoms with Crippen LogP contribution in [0, 0.1) is 5.92 Å². The predicted molar refractivity (Wildman–Crippen MR) is 67.4 cm³/mol. The molecule has 0 aromatic rings. The van der Waals surface area contributed by atoms with Crippen LogP contribution in [0.1, 0.15) is 53.9 Å². The SMILES string of the molecule is CCC(=O)NCCC(C)(C)OCCC(C)C. The molecule has 3 heteroatoms. The van der Waals surface area contributed by atoms with Gasteiger partial charge in [-0.3, -0.25) is 4.79 Å². The fourth-order valence-corrected chi connectivity index (χ4v) is 1.27. The molecule has 96 valence electrons. The van der Waals surface area contributed by atoms with Gasteiger partial charge in [-0.2, -0.15) is 0 Å². The van der Waals surface area contributed by atoms with E-state index in [0.29, 0.717) is 18.9 Å². The van der Waals surface area contributed by atoms with Gasteiger partial charge in [-0.05, 0) is 32.6 Å². The summed E-state index contributed by atoms with van der Waals surface area (Å²) < 4.78 is 5.80. The van der Waals surface area contributed by atoms with E-state index in [1.54, 1.807) is 0 Å². The van der Waals surface area contributed by atoms with Crippen molar-refractivity contribution in [2.24, 2.45) is 5.92 Å². The molecule has 3 nitrogen and oxygen atoms in total. The Morgan fingerprint density at radius 2 is 2.00 bits per heavy atom. The Kier molecular flexibility index (Phi) is 7.39. The number of ether oxygens (including phenoxy) is 1. The molecule has 0 fully saturated rings. The number of hydrogen-bond acceptors (Lipinski definition) is 2. The molecule has 0 rings (SSSR count). The molecular weight excluding hydrogens is 202 g/mol. The van der Waals surface area contributed by atoms with E-state index >= 15 is 0 Å². The number of carbonyl (C=O) groups excluding carboxylic acids is 1. The molecule has 0 saturated heterocycles. The third-order valence-corrected chi connectivity index (χ3v) is 2.56. The highest BCUT2D eigenvalue weighted by Gasteiger charge is 2.18.